The molecule has 1 atom stereocenters. The molecule has 1 N–H and O–H groups in total. The van der Waals surface area contributed by atoms with Crippen LogP contribution in [0.1, 0.15) is 18.1 Å². The van der Waals surface area contributed by atoms with Crippen molar-refractivity contribution in [2.24, 2.45) is 0 Å². The fraction of sp³-hybridized carbons (Fsp3) is 0.150. The molecule has 3 aromatic rings. The Morgan fingerprint density at radius 3 is 2.70 bits per heavy atom. The van der Waals surface area contributed by atoms with E-state index in [2.05, 4.69) is 26.2 Å². The van der Waals surface area contributed by atoms with E-state index in [1.165, 1.54) is 4.90 Å². The summed E-state index contributed by atoms with van der Waals surface area (Å²) in [7, 11) is 0. The van der Waals surface area contributed by atoms with Crippen LogP contribution in [-0.4, -0.2) is 21.8 Å². The molecular weight excluding hydrogens is 430 g/mol. The van der Waals surface area contributed by atoms with Gasteiger partial charge in [-0.25, -0.2) is 4.79 Å². The maximum atomic E-state index is 13.2. The Morgan fingerprint density at radius 2 is 1.93 bits per heavy atom. The van der Waals surface area contributed by atoms with Crippen LogP contribution in [-0.2, 0) is 16.9 Å². The van der Waals surface area contributed by atoms with Gasteiger partial charge in [0.05, 0.1) is 12.1 Å². The van der Waals surface area contributed by atoms with Gasteiger partial charge in [-0.15, -0.1) is 0 Å². The van der Waals surface area contributed by atoms with E-state index in [9.17, 15) is 9.59 Å². The highest BCUT2D eigenvalue weighted by Gasteiger charge is 2.49. The van der Waals surface area contributed by atoms with Crippen LogP contribution in [0.2, 0.25) is 5.02 Å². The van der Waals surface area contributed by atoms with Crippen molar-refractivity contribution in [3.05, 3.63) is 75.4 Å². The molecule has 136 valence electrons. The lowest BCUT2D eigenvalue weighted by Gasteiger charge is -2.23. The van der Waals surface area contributed by atoms with Gasteiger partial charge in [-0.2, -0.15) is 0 Å². The van der Waals surface area contributed by atoms with Gasteiger partial charge in [0.1, 0.15) is 5.54 Å². The fourth-order valence-electron chi connectivity index (χ4n) is 3.38. The van der Waals surface area contributed by atoms with Crippen molar-refractivity contribution in [2.45, 2.75) is 19.0 Å². The number of hydrogen-bond donors (Lipinski definition) is 1. The maximum absolute atomic E-state index is 13.2. The van der Waals surface area contributed by atoms with Gasteiger partial charge < -0.3 is 5.32 Å². The number of fused-ring (bicyclic) bond motifs is 1. The van der Waals surface area contributed by atoms with Gasteiger partial charge in [-0.3, -0.25) is 14.7 Å². The second-order valence-electron chi connectivity index (χ2n) is 6.53. The Bertz CT molecular complexity index is 1090. The van der Waals surface area contributed by atoms with E-state index in [0.29, 0.717) is 16.1 Å². The van der Waals surface area contributed by atoms with Crippen molar-refractivity contribution >= 4 is 50.4 Å². The van der Waals surface area contributed by atoms with Gasteiger partial charge in [0.25, 0.3) is 5.91 Å². The van der Waals surface area contributed by atoms with Crippen LogP contribution in [0.15, 0.2) is 59.2 Å². The number of benzene rings is 2. The zero-order chi connectivity index (χ0) is 19.2. The fourth-order valence-corrected chi connectivity index (χ4v) is 4.28. The minimum atomic E-state index is -1.13. The van der Waals surface area contributed by atoms with E-state index < -0.39 is 11.6 Å². The number of aromatic nitrogens is 1. The third-order valence-corrected chi connectivity index (χ3v) is 5.84. The Hall–Kier alpha value is -2.44. The van der Waals surface area contributed by atoms with Crippen molar-refractivity contribution in [3.8, 4) is 0 Å². The van der Waals surface area contributed by atoms with E-state index in [1.807, 2.05) is 30.3 Å². The molecule has 0 aliphatic carbocycles. The van der Waals surface area contributed by atoms with Crippen molar-refractivity contribution in [1.29, 1.82) is 0 Å². The summed E-state index contributed by atoms with van der Waals surface area (Å²) >= 11 is 9.71. The molecule has 0 saturated carbocycles. The van der Waals surface area contributed by atoms with Gasteiger partial charge in [-0.05, 0) is 36.8 Å². The van der Waals surface area contributed by atoms with Crippen LogP contribution in [0.25, 0.3) is 10.9 Å². The monoisotopic (exact) mass is 443 g/mol. The third-order valence-electron chi connectivity index (χ3n) is 4.82. The van der Waals surface area contributed by atoms with Crippen LogP contribution in [0, 0.1) is 0 Å². The molecule has 5 nitrogen and oxygen atoms in total. The molecule has 2 aromatic carbocycles. The minimum Gasteiger partial charge on any atom is -0.319 e. The van der Waals surface area contributed by atoms with Crippen molar-refractivity contribution < 1.29 is 9.59 Å². The van der Waals surface area contributed by atoms with Crippen molar-refractivity contribution in [1.82, 2.24) is 15.2 Å². The highest BCUT2D eigenvalue weighted by Crippen LogP contribution is 2.35. The molecule has 1 saturated heterocycles. The molecule has 1 unspecified atom stereocenters. The number of pyridine rings is 1. The number of nitrogens with zero attached hydrogens (tertiary/aromatic N) is 2. The predicted molar refractivity (Wildman–Crippen MR) is 107 cm³/mol. The normalized spacial score (nSPS) is 19.6. The average molecular weight is 445 g/mol. The van der Waals surface area contributed by atoms with Crippen LogP contribution >= 0.6 is 27.5 Å². The smallest absolute Gasteiger partial charge is 0.319 e. The Balaban J connectivity index is 1.72. The number of halogens is 2. The summed E-state index contributed by atoms with van der Waals surface area (Å²) in [5.74, 6) is -0.307. The number of imide groups is 1. The summed E-state index contributed by atoms with van der Waals surface area (Å²) in [6, 6.07) is 14.2. The second-order valence-corrected chi connectivity index (χ2v) is 7.79. The lowest BCUT2D eigenvalue weighted by Crippen LogP contribution is -2.41. The maximum Gasteiger partial charge on any atom is 0.325 e. The summed E-state index contributed by atoms with van der Waals surface area (Å²) in [6.45, 7) is 1.83. The highest BCUT2D eigenvalue weighted by molar-refractivity contribution is 9.10. The number of carbonyl (C=O) groups is 2. The first kappa shape index (κ1) is 17.9. The summed E-state index contributed by atoms with van der Waals surface area (Å²) < 4.78 is 0.765. The molecule has 1 aliphatic heterocycles. The Kier molecular flexibility index (Phi) is 4.40. The molecule has 1 aromatic heterocycles. The molecule has 7 heteroatoms. The minimum absolute atomic E-state index is 0.120. The van der Waals surface area contributed by atoms with Crippen molar-refractivity contribution in [2.75, 3.05) is 0 Å². The Morgan fingerprint density at radius 1 is 1.15 bits per heavy atom. The number of hydrogen-bond acceptors (Lipinski definition) is 3. The molecule has 4 rings (SSSR count). The summed E-state index contributed by atoms with van der Waals surface area (Å²) in [4.78, 5) is 31.4. The number of nitrogens with one attached hydrogen (secondary N) is 1. The number of carbonyl (C=O) groups excluding carboxylic acids is 2. The first-order chi connectivity index (χ1) is 12.9. The Labute approximate surface area is 169 Å². The summed E-state index contributed by atoms with van der Waals surface area (Å²) in [5.41, 5.74) is 1.02. The van der Waals surface area contributed by atoms with Crippen LogP contribution in [0.3, 0.4) is 0 Å². The van der Waals surface area contributed by atoms with Gasteiger partial charge in [0.15, 0.2) is 0 Å². The van der Waals surface area contributed by atoms with E-state index in [-0.39, 0.29) is 12.5 Å². The second kappa shape index (κ2) is 6.62. The molecule has 1 aliphatic rings. The van der Waals surface area contributed by atoms with Gasteiger partial charge >= 0.3 is 6.03 Å². The van der Waals surface area contributed by atoms with E-state index in [0.717, 1.165) is 15.4 Å². The predicted octanol–water partition coefficient (Wildman–Crippen LogP) is 4.62. The van der Waals surface area contributed by atoms with Crippen molar-refractivity contribution in [3.63, 3.8) is 0 Å². The van der Waals surface area contributed by atoms with E-state index >= 15 is 0 Å². The zero-order valence-electron chi connectivity index (χ0n) is 14.4. The van der Waals surface area contributed by atoms with Gasteiger partial charge in [0.2, 0.25) is 0 Å². The lowest BCUT2D eigenvalue weighted by atomic mass is 9.92. The summed E-state index contributed by atoms with van der Waals surface area (Å²) in [6.07, 6.45) is 1.67. The number of amides is 3. The molecule has 3 amide bonds. The van der Waals surface area contributed by atoms with E-state index in [1.54, 1.807) is 31.3 Å². The first-order valence-corrected chi connectivity index (χ1v) is 9.50. The number of rotatable bonds is 3. The molecule has 0 bridgehead atoms. The average Bonchev–Trinajstić information content (AvgIpc) is 2.88. The molecule has 2 heterocycles. The number of urea groups is 1. The van der Waals surface area contributed by atoms with Crippen LogP contribution in [0.5, 0.6) is 0 Å². The first-order valence-electron chi connectivity index (χ1n) is 8.33. The van der Waals surface area contributed by atoms with E-state index in [4.69, 9.17) is 11.6 Å². The van der Waals surface area contributed by atoms with Crippen LogP contribution in [0.4, 0.5) is 4.79 Å². The molecule has 0 radical (unpaired) electrons. The lowest BCUT2D eigenvalue weighted by molar-refractivity contribution is -0.131. The highest BCUT2D eigenvalue weighted by atomic mass is 79.9. The largest absolute Gasteiger partial charge is 0.325 e. The quantitative estimate of drug-likeness (QED) is 0.600. The molecule has 27 heavy (non-hydrogen) atoms. The molecular formula is C20H15BrClN3O2. The van der Waals surface area contributed by atoms with Crippen LogP contribution < -0.4 is 5.32 Å². The third kappa shape index (κ3) is 2.89. The SMILES string of the molecule is CC1(c2ccccc2Br)NC(=O)N(Cc2ccc(Cl)c3cccnc23)C1=O. The molecule has 1 fully saturated rings. The topological polar surface area (TPSA) is 62.3 Å². The zero-order valence-corrected chi connectivity index (χ0v) is 16.7. The van der Waals surface area contributed by atoms with Gasteiger partial charge in [-0.1, -0.05) is 51.8 Å². The standard InChI is InChI=1S/C20H15BrClN3O2/c1-20(14-6-2-3-7-15(14)21)18(26)25(19(27)24-20)11-12-8-9-16(22)13-5-4-10-23-17(12)13/h2-10H,11H2,1H3,(H,24,27). The molecule has 0 spiro atoms. The van der Waals surface area contributed by atoms with Gasteiger partial charge in [0, 0.05) is 26.6 Å². The summed E-state index contributed by atoms with van der Waals surface area (Å²) in [5, 5.41) is 4.20.